The van der Waals surface area contributed by atoms with Gasteiger partial charge in [0.2, 0.25) is 0 Å². The fourth-order valence-corrected chi connectivity index (χ4v) is 6.30. The second-order valence-corrected chi connectivity index (χ2v) is 11.3. The van der Waals surface area contributed by atoms with Crippen molar-refractivity contribution in [2.45, 2.75) is 0 Å². The SMILES string of the molecule is [2H]c1ccc2oc3ccc([2H])c(-c4nc(-c5c([2H])c([2H])c([2H])c([2H])c5[2H])nc(-c5c([2H])ccc6oc7cc(-c8ccc9ccccc9c8)c([2H])cc7c56)n4)c3c2c1. The molecule has 0 unspecified atom stereocenters. The number of benzene rings is 7. The molecule has 0 bridgehead atoms. The number of fused-ring (bicyclic) bond motifs is 7. The lowest BCUT2D eigenvalue weighted by atomic mass is 9.99. The minimum Gasteiger partial charge on any atom is -0.456 e. The monoisotopic (exact) mass is 624 g/mol. The van der Waals surface area contributed by atoms with E-state index in [0.717, 1.165) is 16.3 Å². The summed E-state index contributed by atoms with van der Waals surface area (Å²) in [4.78, 5) is 14.2. The molecule has 5 heteroatoms. The maximum absolute atomic E-state index is 9.20. The summed E-state index contributed by atoms with van der Waals surface area (Å²) in [5.41, 5.74) is 3.24. The van der Waals surface area contributed by atoms with Crippen LogP contribution in [0.1, 0.15) is 12.3 Å². The van der Waals surface area contributed by atoms with Crippen LogP contribution < -0.4 is 0 Å². The van der Waals surface area contributed by atoms with Crippen LogP contribution in [0.3, 0.4) is 0 Å². The number of furan rings is 2. The molecule has 3 heterocycles. The Bertz CT molecular complexity index is 3350. The number of aromatic nitrogens is 3. The zero-order chi connectivity index (χ0) is 39.4. The van der Waals surface area contributed by atoms with Crippen molar-refractivity contribution in [3.8, 4) is 45.3 Å². The van der Waals surface area contributed by atoms with Crippen LogP contribution in [0.25, 0.3) is 99.9 Å². The quantitative estimate of drug-likeness (QED) is 0.195. The van der Waals surface area contributed by atoms with Crippen LogP contribution in [0.15, 0.2) is 160 Å². The molecular formula is C43H25N3O2. The molecule has 0 aliphatic rings. The van der Waals surface area contributed by atoms with E-state index in [1.807, 2.05) is 42.5 Å². The highest BCUT2D eigenvalue weighted by molar-refractivity contribution is 6.13. The molecule has 0 radical (unpaired) electrons. The van der Waals surface area contributed by atoms with Crippen LogP contribution in [0.5, 0.6) is 0 Å². The Balaban J connectivity index is 1.28. The van der Waals surface area contributed by atoms with Crippen LogP contribution in [0.4, 0.5) is 0 Å². The van der Waals surface area contributed by atoms with E-state index in [0.29, 0.717) is 49.4 Å². The fourth-order valence-electron chi connectivity index (χ4n) is 6.30. The Labute approximate surface area is 287 Å². The average Bonchev–Trinajstić information content (AvgIpc) is 3.76. The molecule has 0 spiro atoms. The van der Waals surface area contributed by atoms with Crippen LogP contribution >= 0.6 is 0 Å². The van der Waals surface area contributed by atoms with Crippen molar-refractivity contribution in [1.82, 2.24) is 15.0 Å². The predicted octanol–water partition coefficient (Wildman–Crippen LogP) is 11.5. The standard InChI is InChI=1S/C43H25N3O2/c1-2-11-27(12-3-1)41-44-42(33-15-8-18-36-39(33)31-14-6-7-17-35(31)47-36)46-43(45-41)34-16-9-19-37-40(34)32-23-22-30(25-38(32)48-37)29-21-20-26-10-4-5-13-28(26)24-29/h1-25H/i1D,2D,3D,6D,11D,12D,15D,16D,22D. The van der Waals surface area contributed by atoms with E-state index in [1.54, 1.807) is 42.5 Å². The van der Waals surface area contributed by atoms with E-state index in [9.17, 15) is 1.37 Å². The lowest BCUT2D eigenvalue weighted by Gasteiger charge is -2.10. The zero-order valence-electron chi connectivity index (χ0n) is 33.9. The van der Waals surface area contributed by atoms with Crippen molar-refractivity contribution >= 4 is 54.6 Å². The van der Waals surface area contributed by atoms with Crippen LogP contribution in [-0.2, 0) is 0 Å². The molecule has 10 aromatic rings. The van der Waals surface area contributed by atoms with Crippen molar-refractivity contribution < 1.29 is 21.2 Å². The second kappa shape index (κ2) is 10.5. The Morgan fingerprint density at radius 2 is 1.08 bits per heavy atom. The molecule has 48 heavy (non-hydrogen) atoms. The van der Waals surface area contributed by atoms with Crippen molar-refractivity contribution in [2.75, 3.05) is 0 Å². The normalized spacial score (nSPS) is 14.4. The first-order valence-corrected chi connectivity index (χ1v) is 15.2. The third-order valence-corrected chi connectivity index (χ3v) is 8.50. The Hall–Kier alpha value is -6.59. The first-order valence-electron chi connectivity index (χ1n) is 19.7. The lowest BCUT2D eigenvalue weighted by Crippen LogP contribution is -2.00. The van der Waals surface area contributed by atoms with Gasteiger partial charge in [0.05, 0.1) is 12.3 Å². The van der Waals surface area contributed by atoms with Crippen molar-refractivity contribution in [3.05, 3.63) is 151 Å². The number of para-hydroxylation sites is 1. The molecule has 0 saturated heterocycles. The molecule has 0 aliphatic heterocycles. The average molecular weight is 625 g/mol. The summed E-state index contributed by atoms with van der Waals surface area (Å²) >= 11 is 0. The summed E-state index contributed by atoms with van der Waals surface area (Å²) in [6.45, 7) is 0. The minimum absolute atomic E-state index is 0.0112. The van der Waals surface area contributed by atoms with E-state index in [4.69, 9.17) is 29.8 Å². The van der Waals surface area contributed by atoms with Gasteiger partial charge in [-0.3, -0.25) is 0 Å². The summed E-state index contributed by atoms with van der Waals surface area (Å²) in [6.07, 6.45) is 0. The van der Waals surface area contributed by atoms with Crippen LogP contribution in [0.2, 0.25) is 0 Å². The third kappa shape index (κ3) is 4.22. The highest BCUT2D eigenvalue weighted by Crippen LogP contribution is 2.40. The summed E-state index contributed by atoms with van der Waals surface area (Å²) in [5, 5.41) is 4.01. The van der Waals surface area contributed by atoms with E-state index >= 15 is 0 Å². The number of hydrogen-bond acceptors (Lipinski definition) is 5. The molecule has 0 aliphatic carbocycles. The molecule has 3 aromatic heterocycles. The van der Waals surface area contributed by atoms with Crippen molar-refractivity contribution in [3.63, 3.8) is 0 Å². The van der Waals surface area contributed by atoms with Gasteiger partial charge in [-0.25, -0.2) is 15.0 Å². The number of rotatable bonds is 4. The van der Waals surface area contributed by atoms with Crippen LogP contribution in [-0.4, -0.2) is 15.0 Å². The largest absolute Gasteiger partial charge is 0.456 e. The van der Waals surface area contributed by atoms with Gasteiger partial charge in [0, 0.05) is 38.2 Å². The third-order valence-electron chi connectivity index (χ3n) is 8.50. The molecule has 224 valence electrons. The molecule has 10 rings (SSSR count). The zero-order valence-corrected chi connectivity index (χ0v) is 24.9. The molecule has 0 saturated carbocycles. The smallest absolute Gasteiger partial charge is 0.164 e. The van der Waals surface area contributed by atoms with Gasteiger partial charge in [-0.15, -0.1) is 0 Å². The van der Waals surface area contributed by atoms with Gasteiger partial charge in [-0.1, -0.05) is 115 Å². The maximum atomic E-state index is 9.20. The highest BCUT2D eigenvalue weighted by Gasteiger charge is 2.20. The van der Waals surface area contributed by atoms with Crippen LogP contribution in [0, 0.1) is 0 Å². The Morgan fingerprint density at radius 3 is 1.85 bits per heavy atom. The van der Waals surface area contributed by atoms with E-state index in [2.05, 4.69) is 4.98 Å². The highest BCUT2D eigenvalue weighted by atomic mass is 16.3. The first-order chi connectivity index (χ1) is 27.5. The Kier molecular flexibility index (Phi) is 4.18. The van der Waals surface area contributed by atoms with E-state index < -0.39 is 30.2 Å². The Morgan fingerprint density at radius 1 is 0.417 bits per heavy atom. The topological polar surface area (TPSA) is 65.0 Å². The van der Waals surface area contributed by atoms with E-state index in [-0.39, 0.29) is 58.3 Å². The van der Waals surface area contributed by atoms with Crippen molar-refractivity contribution in [2.24, 2.45) is 0 Å². The molecule has 0 fully saturated rings. The summed E-state index contributed by atoms with van der Waals surface area (Å²) in [7, 11) is 0. The first kappa shape index (κ1) is 19.2. The van der Waals surface area contributed by atoms with Gasteiger partial charge in [-0.05, 0) is 58.3 Å². The lowest BCUT2D eigenvalue weighted by molar-refractivity contribution is 0.668. The van der Waals surface area contributed by atoms with Gasteiger partial charge < -0.3 is 8.83 Å². The van der Waals surface area contributed by atoms with Gasteiger partial charge in [0.1, 0.15) is 22.3 Å². The molecule has 0 amide bonds. The molecular weight excluding hydrogens is 590 g/mol. The predicted molar refractivity (Wildman–Crippen MR) is 194 cm³/mol. The van der Waals surface area contributed by atoms with E-state index in [1.165, 1.54) is 12.1 Å². The van der Waals surface area contributed by atoms with Crippen molar-refractivity contribution in [1.29, 1.82) is 0 Å². The maximum Gasteiger partial charge on any atom is 0.164 e. The molecule has 7 aromatic carbocycles. The number of nitrogens with zero attached hydrogens (tertiary/aromatic N) is 3. The van der Waals surface area contributed by atoms with Gasteiger partial charge >= 0.3 is 0 Å². The summed E-state index contributed by atoms with van der Waals surface area (Å²) in [5.74, 6) is -0.448. The van der Waals surface area contributed by atoms with Gasteiger partial charge in [0.25, 0.3) is 0 Å². The summed E-state index contributed by atoms with van der Waals surface area (Å²) in [6, 6.07) is 26.1. The fraction of sp³-hybridized carbons (Fsp3) is 0. The second-order valence-electron chi connectivity index (χ2n) is 11.3. The minimum atomic E-state index is -0.588. The molecule has 0 N–H and O–H groups in total. The number of hydrogen-bond donors (Lipinski definition) is 0. The molecule has 5 nitrogen and oxygen atoms in total. The van der Waals surface area contributed by atoms with Gasteiger partial charge in [0.15, 0.2) is 17.5 Å². The van der Waals surface area contributed by atoms with Gasteiger partial charge in [-0.2, -0.15) is 0 Å². The molecule has 0 atom stereocenters. The summed E-state index contributed by atoms with van der Waals surface area (Å²) < 4.78 is 90.8.